The third kappa shape index (κ3) is 4.02. The van der Waals surface area contributed by atoms with Gasteiger partial charge < -0.3 is 10.0 Å². The standard InChI is InChI=1S/C13H23NO3/c1-3-4-5-12(15)14(2)11-8-6-10(7-9-11)13(16)17/h10-11H,3-9H2,1-2H3,(H,16,17). The van der Waals surface area contributed by atoms with E-state index in [9.17, 15) is 9.59 Å². The van der Waals surface area contributed by atoms with Crippen molar-refractivity contribution in [2.75, 3.05) is 7.05 Å². The monoisotopic (exact) mass is 241 g/mol. The van der Waals surface area contributed by atoms with Crippen LogP contribution in [0.1, 0.15) is 51.9 Å². The van der Waals surface area contributed by atoms with Crippen LogP contribution in [0.2, 0.25) is 0 Å². The van der Waals surface area contributed by atoms with Crippen molar-refractivity contribution >= 4 is 11.9 Å². The Labute approximate surface area is 103 Å². The van der Waals surface area contributed by atoms with E-state index in [1.807, 2.05) is 11.9 Å². The fourth-order valence-electron chi connectivity index (χ4n) is 2.42. The van der Waals surface area contributed by atoms with Crippen molar-refractivity contribution < 1.29 is 14.7 Å². The Bertz CT molecular complexity index is 270. The lowest BCUT2D eigenvalue weighted by molar-refractivity contribution is -0.143. The molecule has 4 nitrogen and oxygen atoms in total. The molecule has 0 radical (unpaired) electrons. The van der Waals surface area contributed by atoms with E-state index in [2.05, 4.69) is 6.92 Å². The maximum absolute atomic E-state index is 11.8. The van der Waals surface area contributed by atoms with Crippen molar-refractivity contribution in [3.63, 3.8) is 0 Å². The minimum atomic E-state index is -0.691. The molecule has 1 saturated carbocycles. The van der Waals surface area contributed by atoms with E-state index < -0.39 is 5.97 Å². The molecule has 0 aromatic rings. The van der Waals surface area contributed by atoms with Crippen molar-refractivity contribution in [3.8, 4) is 0 Å². The van der Waals surface area contributed by atoms with Crippen LogP contribution in [0.3, 0.4) is 0 Å². The van der Waals surface area contributed by atoms with Crippen molar-refractivity contribution in [2.24, 2.45) is 5.92 Å². The third-order valence-corrected chi connectivity index (χ3v) is 3.73. The van der Waals surface area contributed by atoms with E-state index in [1.54, 1.807) is 0 Å². The first-order valence-corrected chi connectivity index (χ1v) is 6.54. The van der Waals surface area contributed by atoms with Gasteiger partial charge in [0.25, 0.3) is 0 Å². The van der Waals surface area contributed by atoms with Crippen LogP contribution in [-0.4, -0.2) is 35.0 Å². The van der Waals surface area contributed by atoms with Gasteiger partial charge in [0, 0.05) is 19.5 Å². The number of rotatable bonds is 5. The highest BCUT2D eigenvalue weighted by Crippen LogP contribution is 2.27. The fourth-order valence-corrected chi connectivity index (χ4v) is 2.42. The summed E-state index contributed by atoms with van der Waals surface area (Å²) in [6, 6.07) is 0.245. The number of aliphatic carboxylic acids is 1. The minimum Gasteiger partial charge on any atom is -0.481 e. The summed E-state index contributed by atoms with van der Waals surface area (Å²) in [5, 5.41) is 8.91. The molecule has 1 N–H and O–H groups in total. The molecule has 1 amide bonds. The van der Waals surface area contributed by atoms with Gasteiger partial charge in [0.05, 0.1) is 5.92 Å². The molecular weight excluding hydrogens is 218 g/mol. The van der Waals surface area contributed by atoms with Crippen LogP contribution in [-0.2, 0) is 9.59 Å². The SMILES string of the molecule is CCCCC(=O)N(C)C1CCC(C(=O)O)CC1. The van der Waals surface area contributed by atoms with Crippen LogP contribution in [0, 0.1) is 5.92 Å². The molecule has 1 rings (SSSR count). The van der Waals surface area contributed by atoms with Crippen LogP contribution in [0.5, 0.6) is 0 Å². The number of hydrogen-bond donors (Lipinski definition) is 1. The summed E-state index contributed by atoms with van der Waals surface area (Å²) in [7, 11) is 1.85. The lowest BCUT2D eigenvalue weighted by Crippen LogP contribution is -2.40. The minimum absolute atomic E-state index is 0.200. The first kappa shape index (κ1) is 14.0. The quantitative estimate of drug-likeness (QED) is 0.803. The lowest BCUT2D eigenvalue weighted by Gasteiger charge is -2.33. The zero-order chi connectivity index (χ0) is 12.8. The van der Waals surface area contributed by atoms with E-state index in [0.717, 1.165) is 25.7 Å². The topological polar surface area (TPSA) is 57.6 Å². The first-order chi connectivity index (χ1) is 8.06. The largest absolute Gasteiger partial charge is 0.481 e. The Hall–Kier alpha value is -1.06. The fraction of sp³-hybridized carbons (Fsp3) is 0.846. The van der Waals surface area contributed by atoms with Crippen LogP contribution >= 0.6 is 0 Å². The number of amides is 1. The van der Waals surface area contributed by atoms with E-state index in [0.29, 0.717) is 19.3 Å². The Kier molecular flexibility index (Phi) is 5.45. The lowest BCUT2D eigenvalue weighted by atomic mass is 9.85. The molecule has 0 bridgehead atoms. The highest BCUT2D eigenvalue weighted by Gasteiger charge is 2.29. The molecule has 98 valence electrons. The van der Waals surface area contributed by atoms with Crippen LogP contribution in [0.4, 0.5) is 0 Å². The van der Waals surface area contributed by atoms with Crippen LogP contribution < -0.4 is 0 Å². The molecule has 0 spiro atoms. The summed E-state index contributed by atoms with van der Waals surface area (Å²) in [4.78, 5) is 24.5. The van der Waals surface area contributed by atoms with Crippen LogP contribution in [0.15, 0.2) is 0 Å². The van der Waals surface area contributed by atoms with Gasteiger partial charge in [-0.05, 0) is 32.1 Å². The van der Waals surface area contributed by atoms with Crippen molar-refractivity contribution in [3.05, 3.63) is 0 Å². The van der Waals surface area contributed by atoms with E-state index >= 15 is 0 Å². The number of carbonyl (C=O) groups excluding carboxylic acids is 1. The van der Waals surface area contributed by atoms with Crippen molar-refractivity contribution in [2.45, 2.75) is 57.9 Å². The molecule has 0 unspecified atom stereocenters. The highest BCUT2D eigenvalue weighted by atomic mass is 16.4. The zero-order valence-electron chi connectivity index (χ0n) is 10.8. The smallest absolute Gasteiger partial charge is 0.306 e. The van der Waals surface area contributed by atoms with Gasteiger partial charge >= 0.3 is 5.97 Å². The molecular formula is C13H23NO3. The predicted molar refractivity (Wildman–Crippen MR) is 65.7 cm³/mol. The first-order valence-electron chi connectivity index (χ1n) is 6.54. The van der Waals surface area contributed by atoms with Gasteiger partial charge in [-0.3, -0.25) is 9.59 Å². The normalized spacial score (nSPS) is 24.4. The summed E-state index contributed by atoms with van der Waals surface area (Å²) in [5.41, 5.74) is 0. The number of unbranched alkanes of at least 4 members (excludes halogenated alkanes) is 1. The Morgan fingerprint density at radius 1 is 1.24 bits per heavy atom. The summed E-state index contributed by atoms with van der Waals surface area (Å²) in [5.74, 6) is -0.695. The molecule has 0 aromatic heterocycles. The molecule has 1 aliphatic rings. The van der Waals surface area contributed by atoms with Gasteiger partial charge in [-0.1, -0.05) is 13.3 Å². The van der Waals surface area contributed by atoms with Gasteiger partial charge in [0.15, 0.2) is 0 Å². The Morgan fingerprint density at radius 2 is 1.82 bits per heavy atom. The van der Waals surface area contributed by atoms with Gasteiger partial charge in [0.2, 0.25) is 5.91 Å². The molecule has 0 atom stereocenters. The average Bonchev–Trinajstić information content (AvgIpc) is 2.35. The van der Waals surface area contributed by atoms with Gasteiger partial charge in [-0.25, -0.2) is 0 Å². The maximum Gasteiger partial charge on any atom is 0.306 e. The van der Waals surface area contributed by atoms with Gasteiger partial charge in [-0.2, -0.15) is 0 Å². The second kappa shape index (κ2) is 6.62. The molecule has 0 aliphatic heterocycles. The Balaban J connectivity index is 2.37. The number of nitrogens with zero attached hydrogens (tertiary/aromatic N) is 1. The molecule has 1 fully saturated rings. The van der Waals surface area contributed by atoms with Gasteiger partial charge in [-0.15, -0.1) is 0 Å². The highest BCUT2D eigenvalue weighted by molar-refractivity contribution is 5.76. The molecule has 1 aliphatic carbocycles. The molecule has 17 heavy (non-hydrogen) atoms. The Morgan fingerprint density at radius 3 is 2.29 bits per heavy atom. The number of carboxylic acids is 1. The third-order valence-electron chi connectivity index (χ3n) is 3.73. The summed E-state index contributed by atoms with van der Waals surface area (Å²) in [6.45, 7) is 2.07. The summed E-state index contributed by atoms with van der Waals surface area (Å²) >= 11 is 0. The average molecular weight is 241 g/mol. The van der Waals surface area contributed by atoms with E-state index in [1.165, 1.54) is 0 Å². The number of carboxylic acid groups (broad SMARTS) is 1. The second-order valence-electron chi connectivity index (χ2n) is 4.95. The predicted octanol–water partition coefficient (Wildman–Crippen LogP) is 2.28. The van der Waals surface area contributed by atoms with Crippen molar-refractivity contribution in [1.29, 1.82) is 0 Å². The molecule has 4 heteroatoms. The number of hydrogen-bond acceptors (Lipinski definition) is 2. The van der Waals surface area contributed by atoms with Crippen molar-refractivity contribution in [1.82, 2.24) is 4.90 Å². The zero-order valence-corrected chi connectivity index (χ0v) is 10.8. The number of carbonyl (C=O) groups is 2. The van der Waals surface area contributed by atoms with Gasteiger partial charge in [0.1, 0.15) is 0 Å². The van der Waals surface area contributed by atoms with E-state index in [-0.39, 0.29) is 17.9 Å². The van der Waals surface area contributed by atoms with Crippen LogP contribution in [0.25, 0.3) is 0 Å². The maximum atomic E-state index is 11.8. The molecule has 0 aromatic carbocycles. The summed E-state index contributed by atoms with van der Waals surface area (Å²) < 4.78 is 0. The van der Waals surface area contributed by atoms with E-state index in [4.69, 9.17) is 5.11 Å². The second-order valence-corrected chi connectivity index (χ2v) is 4.95. The molecule has 0 saturated heterocycles. The molecule has 0 heterocycles. The summed E-state index contributed by atoms with van der Waals surface area (Å²) in [6.07, 6.45) is 5.64.